The van der Waals surface area contributed by atoms with Crippen molar-refractivity contribution in [2.75, 3.05) is 0 Å². The number of rotatable bonds is 4. The van der Waals surface area contributed by atoms with Gasteiger partial charge in [0.15, 0.2) is 0 Å². The zero-order chi connectivity index (χ0) is 12.1. The molecule has 0 aliphatic heterocycles. The first-order valence-electron chi connectivity index (χ1n) is 6.24. The molecule has 0 unspecified atom stereocenters. The largest absolute Gasteiger partial charge is 0.391 e. The van der Waals surface area contributed by atoms with Crippen LogP contribution in [0.15, 0.2) is 0 Å². The molecule has 1 amide bonds. The second-order valence-electron chi connectivity index (χ2n) is 5.20. The first-order valence-corrected chi connectivity index (χ1v) is 6.24. The standard InChI is InChI=1S/C12H24N2O2/c1-8(2)7-9(13)12(16)14-10-5-3-4-6-11(10)15/h8-11,15H,3-7,13H2,1-2H3,(H,14,16)/t9-,10-,11-/m0/s1. The zero-order valence-electron chi connectivity index (χ0n) is 10.3. The van der Waals surface area contributed by atoms with Gasteiger partial charge in [0.25, 0.3) is 0 Å². The van der Waals surface area contributed by atoms with Crippen molar-refractivity contribution in [3.05, 3.63) is 0 Å². The number of amides is 1. The van der Waals surface area contributed by atoms with Gasteiger partial charge in [-0.1, -0.05) is 26.7 Å². The summed E-state index contributed by atoms with van der Waals surface area (Å²) in [6.45, 7) is 4.09. The number of nitrogens with one attached hydrogen (secondary N) is 1. The second kappa shape index (κ2) is 6.21. The summed E-state index contributed by atoms with van der Waals surface area (Å²) in [5, 5.41) is 12.6. The van der Waals surface area contributed by atoms with E-state index in [4.69, 9.17) is 5.73 Å². The maximum Gasteiger partial charge on any atom is 0.237 e. The molecular formula is C12H24N2O2. The summed E-state index contributed by atoms with van der Waals surface area (Å²) in [7, 11) is 0. The molecule has 1 aliphatic rings. The fraction of sp³-hybridized carbons (Fsp3) is 0.917. The van der Waals surface area contributed by atoms with Crippen molar-refractivity contribution >= 4 is 5.91 Å². The molecule has 0 heterocycles. The van der Waals surface area contributed by atoms with E-state index < -0.39 is 12.1 Å². The summed E-state index contributed by atoms with van der Waals surface area (Å²) in [5.41, 5.74) is 5.79. The second-order valence-corrected chi connectivity index (χ2v) is 5.20. The lowest BCUT2D eigenvalue weighted by molar-refractivity contribution is -0.124. The molecule has 0 aromatic heterocycles. The van der Waals surface area contributed by atoms with Crippen LogP contribution in [0.25, 0.3) is 0 Å². The van der Waals surface area contributed by atoms with E-state index in [9.17, 15) is 9.90 Å². The summed E-state index contributed by atoms with van der Waals surface area (Å²) in [4.78, 5) is 11.7. The van der Waals surface area contributed by atoms with Crippen molar-refractivity contribution in [1.82, 2.24) is 5.32 Å². The predicted octanol–water partition coefficient (Wildman–Crippen LogP) is 0.779. The third-order valence-electron chi connectivity index (χ3n) is 3.12. The van der Waals surface area contributed by atoms with Crippen LogP contribution in [0.5, 0.6) is 0 Å². The van der Waals surface area contributed by atoms with Crippen LogP contribution in [-0.2, 0) is 4.79 Å². The highest BCUT2D eigenvalue weighted by atomic mass is 16.3. The van der Waals surface area contributed by atoms with E-state index in [2.05, 4.69) is 5.32 Å². The molecule has 16 heavy (non-hydrogen) atoms. The molecule has 94 valence electrons. The van der Waals surface area contributed by atoms with Gasteiger partial charge < -0.3 is 16.2 Å². The Morgan fingerprint density at radius 2 is 2.06 bits per heavy atom. The Morgan fingerprint density at radius 3 is 2.62 bits per heavy atom. The average molecular weight is 228 g/mol. The minimum atomic E-state index is -0.450. The maximum atomic E-state index is 11.7. The highest BCUT2D eigenvalue weighted by Crippen LogP contribution is 2.18. The van der Waals surface area contributed by atoms with Crippen LogP contribution in [0, 0.1) is 5.92 Å². The van der Waals surface area contributed by atoms with Gasteiger partial charge in [-0.3, -0.25) is 4.79 Å². The molecule has 4 heteroatoms. The highest BCUT2D eigenvalue weighted by molar-refractivity contribution is 5.81. The summed E-state index contributed by atoms with van der Waals surface area (Å²) in [5.74, 6) is 0.289. The summed E-state index contributed by atoms with van der Waals surface area (Å²) in [6.07, 6.45) is 4.05. The van der Waals surface area contributed by atoms with Crippen molar-refractivity contribution in [2.45, 2.75) is 64.1 Å². The van der Waals surface area contributed by atoms with E-state index in [1.54, 1.807) is 0 Å². The van der Waals surface area contributed by atoms with Crippen LogP contribution in [0.1, 0.15) is 46.0 Å². The fourth-order valence-corrected chi connectivity index (χ4v) is 2.18. The predicted molar refractivity (Wildman–Crippen MR) is 63.8 cm³/mol. The third kappa shape index (κ3) is 4.10. The van der Waals surface area contributed by atoms with E-state index >= 15 is 0 Å². The molecule has 0 aromatic rings. The maximum absolute atomic E-state index is 11.7. The molecule has 0 spiro atoms. The summed E-state index contributed by atoms with van der Waals surface area (Å²) in [6, 6.07) is -0.548. The number of aliphatic hydroxyl groups excluding tert-OH is 1. The average Bonchev–Trinajstić information content (AvgIpc) is 2.20. The first kappa shape index (κ1) is 13.5. The number of aliphatic hydroxyl groups is 1. The van der Waals surface area contributed by atoms with E-state index in [1.807, 2.05) is 13.8 Å². The van der Waals surface area contributed by atoms with Crippen molar-refractivity contribution in [2.24, 2.45) is 11.7 Å². The molecule has 4 nitrogen and oxygen atoms in total. The van der Waals surface area contributed by atoms with Crippen molar-refractivity contribution in [1.29, 1.82) is 0 Å². The Morgan fingerprint density at radius 1 is 1.44 bits per heavy atom. The van der Waals surface area contributed by atoms with Crippen molar-refractivity contribution < 1.29 is 9.90 Å². The number of nitrogens with two attached hydrogens (primary N) is 1. The Balaban J connectivity index is 2.37. The van der Waals surface area contributed by atoms with Gasteiger partial charge in [0.2, 0.25) is 5.91 Å². The summed E-state index contributed by atoms with van der Waals surface area (Å²) >= 11 is 0. The van der Waals surface area contributed by atoms with Crippen LogP contribution in [0.3, 0.4) is 0 Å². The normalized spacial score (nSPS) is 27.8. The van der Waals surface area contributed by atoms with Crippen LogP contribution < -0.4 is 11.1 Å². The Kier molecular flexibility index (Phi) is 5.22. The minimum Gasteiger partial charge on any atom is -0.391 e. The molecule has 1 aliphatic carbocycles. The molecule has 1 saturated carbocycles. The number of hydrogen-bond donors (Lipinski definition) is 3. The van der Waals surface area contributed by atoms with Gasteiger partial charge >= 0.3 is 0 Å². The fourth-order valence-electron chi connectivity index (χ4n) is 2.18. The van der Waals surface area contributed by atoms with Gasteiger partial charge in [-0.2, -0.15) is 0 Å². The molecule has 0 saturated heterocycles. The topological polar surface area (TPSA) is 75.4 Å². The van der Waals surface area contributed by atoms with Crippen LogP contribution in [-0.4, -0.2) is 29.2 Å². The quantitative estimate of drug-likeness (QED) is 0.665. The molecule has 1 rings (SSSR count). The lowest BCUT2D eigenvalue weighted by atomic mass is 9.92. The SMILES string of the molecule is CC(C)C[C@H](N)C(=O)N[C@H]1CCCC[C@@H]1O. The van der Waals surface area contributed by atoms with Crippen LogP contribution >= 0.6 is 0 Å². The Hall–Kier alpha value is -0.610. The van der Waals surface area contributed by atoms with Crippen molar-refractivity contribution in [3.63, 3.8) is 0 Å². The van der Waals surface area contributed by atoms with Gasteiger partial charge in [0.1, 0.15) is 0 Å². The molecular weight excluding hydrogens is 204 g/mol. The lowest BCUT2D eigenvalue weighted by Gasteiger charge is -2.29. The zero-order valence-corrected chi connectivity index (χ0v) is 10.3. The molecule has 0 radical (unpaired) electrons. The van der Waals surface area contributed by atoms with Crippen molar-refractivity contribution in [3.8, 4) is 0 Å². The molecule has 4 N–H and O–H groups in total. The smallest absolute Gasteiger partial charge is 0.237 e. The monoisotopic (exact) mass is 228 g/mol. The van der Waals surface area contributed by atoms with Gasteiger partial charge in [0.05, 0.1) is 18.2 Å². The lowest BCUT2D eigenvalue weighted by Crippen LogP contribution is -2.51. The third-order valence-corrected chi connectivity index (χ3v) is 3.12. The summed E-state index contributed by atoms with van der Waals surface area (Å²) < 4.78 is 0. The number of carbonyl (C=O) groups is 1. The van der Waals surface area contributed by atoms with Crippen LogP contribution in [0.4, 0.5) is 0 Å². The number of hydrogen-bond acceptors (Lipinski definition) is 3. The van der Waals surface area contributed by atoms with Crippen LogP contribution in [0.2, 0.25) is 0 Å². The van der Waals surface area contributed by atoms with E-state index in [-0.39, 0.29) is 11.9 Å². The van der Waals surface area contributed by atoms with E-state index in [0.717, 1.165) is 25.7 Å². The molecule has 3 atom stereocenters. The number of carbonyl (C=O) groups excluding carboxylic acids is 1. The molecule has 0 bridgehead atoms. The highest BCUT2D eigenvalue weighted by Gasteiger charge is 2.26. The Labute approximate surface area is 97.6 Å². The minimum absolute atomic E-state index is 0.0977. The van der Waals surface area contributed by atoms with Gasteiger partial charge in [-0.25, -0.2) is 0 Å². The van der Waals surface area contributed by atoms with E-state index in [0.29, 0.717) is 12.3 Å². The Bertz CT molecular complexity index is 231. The van der Waals surface area contributed by atoms with Gasteiger partial charge in [-0.15, -0.1) is 0 Å². The first-order chi connectivity index (χ1) is 7.50. The molecule has 0 aromatic carbocycles. The van der Waals surface area contributed by atoms with Gasteiger partial charge in [0, 0.05) is 0 Å². The van der Waals surface area contributed by atoms with Gasteiger partial charge in [-0.05, 0) is 25.2 Å². The molecule has 1 fully saturated rings. The van der Waals surface area contributed by atoms with E-state index in [1.165, 1.54) is 0 Å².